The molecular weight excluding hydrogens is 298 g/mol. The Hall–Kier alpha value is -1.70. The number of hydrogen-bond donors (Lipinski definition) is 1. The maximum atomic E-state index is 12.3. The Morgan fingerprint density at radius 2 is 1.76 bits per heavy atom. The van der Waals surface area contributed by atoms with Crippen LogP contribution < -0.4 is 0 Å². The van der Waals surface area contributed by atoms with Crippen molar-refractivity contribution in [2.75, 3.05) is 12.0 Å². The predicted molar refractivity (Wildman–Crippen MR) is 73.0 cm³/mol. The van der Waals surface area contributed by atoms with Gasteiger partial charge in [-0.05, 0) is 19.3 Å². The Balaban J connectivity index is 2.23. The number of aliphatic carboxylic acids is 1. The minimum atomic E-state index is -3.37. The summed E-state index contributed by atoms with van der Waals surface area (Å²) < 4.78 is 22.4. The molecule has 2 amide bonds. The third-order valence-corrected chi connectivity index (χ3v) is 4.88. The summed E-state index contributed by atoms with van der Waals surface area (Å²) in [5, 5.41) is 9.24. The van der Waals surface area contributed by atoms with E-state index in [2.05, 4.69) is 0 Å². The van der Waals surface area contributed by atoms with E-state index in [0.29, 0.717) is 12.8 Å². The molecule has 7 nitrogen and oxygen atoms in total. The Morgan fingerprint density at radius 3 is 2.14 bits per heavy atom. The largest absolute Gasteiger partial charge is 0.480 e. The minimum Gasteiger partial charge on any atom is -0.480 e. The molecule has 0 aromatic heterocycles. The van der Waals surface area contributed by atoms with Crippen molar-refractivity contribution in [1.29, 1.82) is 0 Å². The van der Waals surface area contributed by atoms with Crippen LogP contribution in [0.2, 0.25) is 0 Å². The van der Waals surface area contributed by atoms with Crippen LogP contribution in [0.15, 0.2) is 12.2 Å². The number of carboxylic acid groups (broad SMARTS) is 1. The van der Waals surface area contributed by atoms with Gasteiger partial charge >= 0.3 is 5.97 Å². The van der Waals surface area contributed by atoms with Gasteiger partial charge in [0.2, 0.25) is 11.8 Å². The van der Waals surface area contributed by atoms with E-state index in [1.165, 1.54) is 0 Å². The molecule has 0 bridgehead atoms. The molecule has 0 spiro atoms. The van der Waals surface area contributed by atoms with Gasteiger partial charge in [-0.2, -0.15) is 0 Å². The zero-order chi connectivity index (χ0) is 15.8. The van der Waals surface area contributed by atoms with Crippen LogP contribution >= 0.6 is 0 Å². The lowest BCUT2D eigenvalue weighted by atomic mass is 9.85. The molecule has 8 heteroatoms. The SMILES string of the molecule is CS(=O)(=O)CCC(C(=O)O)N1C(=O)[C@H]2CC=CC[C@H]2C1=O. The number of sulfone groups is 1. The highest BCUT2D eigenvalue weighted by Crippen LogP contribution is 2.36. The summed E-state index contributed by atoms with van der Waals surface area (Å²) >= 11 is 0. The zero-order valence-corrected chi connectivity index (χ0v) is 12.4. The molecule has 1 aliphatic heterocycles. The maximum Gasteiger partial charge on any atom is 0.326 e. The highest BCUT2D eigenvalue weighted by Gasteiger charge is 2.51. The molecule has 0 saturated carbocycles. The van der Waals surface area contributed by atoms with Crippen molar-refractivity contribution in [2.45, 2.75) is 25.3 Å². The van der Waals surface area contributed by atoms with Crippen molar-refractivity contribution >= 4 is 27.6 Å². The Kier molecular flexibility index (Phi) is 4.18. The minimum absolute atomic E-state index is 0.279. The monoisotopic (exact) mass is 315 g/mol. The molecule has 0 aromatic rings. The van der Waals surface area contributed by atoms with Crippen molar-refractivity contribution in [3.8, 4) is 0 Å². The fraction of sp³-hybridized carbons (Fsp3) is 0.615. The molecule has 1 N–H and O–H groups in total. The molecule has 21 heavy (non-hydrogen) atoms. The van der Waals surface area contributed by atoms with Gasteiger partial charge in [-0.3, -0.25) is 14.5 Å². The number of likely N-dealkylation sites (tertiary alicyclic amines) is 1. The molecule has 116 valence electrons. The lowest BCUT2D eigenvalue weighted by Gasteiger charge is -2.22. The molecule has 1 unspecified atom stereocenters. The van der Waals surface area contributed by atoms with Gasteiger partial charge in [-0.1, -0.05) is 12.2 Å². The van der Waals surface area contributed by atoms with Gasteiger partial charge in [-0.15, -0.1) is 0 Å². The number of fused-ring (bicyclic) bond motifs is 1. The average Bonchev–Trinajstić information content (AvgIpc) is 2.63. The van der Waals surface area contributed by atoms with Gasteiger partial charge in [0.1, 0.15) is 15.9 Å². The Morgan fingerprint density at radius 1 is 1.29 bits per heavy atom. The Labute approximate surface area is 122 Å². The number of nitrogens with zero attached hydrogens (tertiary/aromatic N) is 1. The van der Waals surface area contributed by atoms with Crippen LogP contribution in [0, 0.1) is 11.8 Å². The molecule has 1 saturated heterocycles. The topological polar surface area (TPSA) is 109 Å². The lowest BCUT2D eigenvalue weighted by molar-refractivity contribution is -0.155. The van der Waals surface area contributed by atoms with E-state index in [1.807, 2.05) is 12.2 Å². The normalized spacial score (nSPS) is 26.8. The Bertz CT molecular complexity index is 582. The number of amides is 2. The first-order chi connectivity index (χ1) is 9.72. The van der Waals surface area contributed by atoms with Crippen molar-refractivity contribution in [3.05, 3.63) is 12.2 Å². The number of allylic oxidation sites excluding steroid dienone is 2. The predicted octanol–water partition coefficient (Wildman–Crippen LogP) is -0.175. The second-order valence-corrected chi connectivity index (χ2v) is 7.73. The number of imide groups is 1. The highest BCUT2D eigenvalue weighted by atomic mass is 32.2. The quantitative estimate of drug-likeness (QED) is 0.557. The molecule has 1 aliphatic carbocycles. The summed E-state index contributed by atoms with van der Waals surface area (Å²) in [5.74, 6) is -3.77. The van der Waals surface area contributed by atoms with Crippen LogP contribution in [-0.2, 0) is 24.2 Å². The van der Waals surface area contributed by atoms with E-state index < -0.39 is 45.5 Å². The van der Waals surface area contributed by atoms with Crippen molar-refractivity contribution < 1.29 is 27.9 Å². The smallest absolute Gasteiger partial charge is 0.326 e. The summed E-state index contributed by atoms with van der Waals surface area (Å²) in [5.41, 5.74) is 0. The summed E-state index contributed by atoms with van der Waals surface area (Å²) in [6.07, 6.45) is 5.17. The van der Waals surface area contributed by atoms with Gasteiger partial charge in [0.25, 0.3) is 0 Å². The molecule has 0 radical (unpaired) electrons. The van der Waals surface area contributed by atoms with Gasteiger partial charge in [0.05, 0.1) is 17.6 Å². The lowest BCUT2D eigenvalue weighted by Crippen LogP contribution is -2.46. The van der Waals surface area contributed by atoms with Crippen LogP contribution in [0.4, 0.5) is 0 Å². The van der Waals surface area contributed by atoms with Gasteiger partial charge < -0.3 is 5.11 Å². The number of carboxylic acids is 1. The second-order valence-electron chi connectivity index (χ2n) is 5.47. The molecule has 2 aliphatic rings. The third-order valence-electron chi connectivity index (χ3n) is 3.90. The van der Waals surface area contributed by atoms with Crippen LogP contribution in [0.25, 0.3) is 0 Å². The van der Waals surface area contributed by atoms with Crippen molar-refractivity contribution in [3.63, 3.8) is 0 Å². The average molecular weight is 315 g/mol. The number of hydrogen-bond acceptors (Lipinski definition) is 5. The van der Waals surface area contributed by atoms with Crippen molar-refractivity contribution in [1.82, 2.24) is 4.90 Å². The summed E-state index contributed by atoms with van der Waals surface area (Å²) in [6.45, 7) is 0. The van der Waals surface area contributed by atoms with Crippen LogP contribution in [0.5, 0.6) is 0 Å². The number of carbonyl (C=O) groups excluding carboxylic acids is 2. The zero-order valence-electron chi connectivity index (χ0n) is 11.6. The fourth-order valence-electron chi connectivity index (χ4n) is 2.82. The van der Waals surface area contributed by atoms with Crippen LogP contribution in [0.1, 0.15) is 19.3 Å². The second kappa shape index (κ2) is 5.59. The van der Waals surface area contributed by atoms with Crippen LogP contribution in [0.3, 0.4) is 0 Å². The van der Waals surface area contributed by atoms with E-state index in [0.717, 1.165) is 11.2 Å². The molecule has 3 atom stereocenters. The molecule has 1 fully saturated rings. The summed E-state index contributed by atoms with van der Waals surface area (Å²) in [6, 6.07) is -1.41. The van der Waals surface area contributed by atoms with E-state index in [4.69, 9.17) is 0 Å². The third kappa shape index (κ3) is 3.15. The highest BCUT2D eigenvalue weighted by molar-refractivity contribution is 7.90. The molecular formula is C13H17NO6S. The van der Waals surface area contributed by atoms with Crippen LogP contribution in [-0.4, -0.2) is 54.3 Å². The van der Waals surface area contributed by atoms with E-state index in [-0.39, 0.29) is 12.2 Å². The van der Waals surface area contributed by atoms with Crippen molar-refractivity contribution in [2.24, 2.45) is 11.8 Å². The van der Waals surface area contributed by atoms with E-state index >= 15 is 0 Å². The van der Waals surface area contributed by atoms with Gasteiger partial charge in [-0.25, -0.2) is 13.2 Å². The fourth-order valence-corrected chi connectivity index (χ4v) is 3.47. The summed E-state index contributed by atoms with van der Waals surface area (Å²) in [7, 11) is -3.37. The first-order valence-electron chi connectivity index (χ1n) is 6.65. The van der Waals surface area contributed by atoms with Gasteiger partial charge in [0, 0.05) is 6.26 Å². The molecule has 2 rings (SSSR count). The van der Waals surface area contributed by atoms with E-state index in [1.54, 1.807) is 0 Å². The van der Waals surface area contributed by atoms with Gasteiger partial charge in [0.15, 0.2) is 0 Å². The number of carbonyl (C=O) groups is 3. The number of rotatable bonds is 5. The molecule has 1 heterocycles. The first kappa shape index (κ1) is 15.7. The first-order valence-corrected chi connectivity index (χ1v) is 8.71. The maximum absolute atomic E-state index is 12.3. The molecule has 0 aromatic carbocycles. The summed E-state index contributed by atoms with van der Waals surface area (Å²) in [4.78, 5) is 36.7. The van der Waals surface area contributed by atoms with E-state index in [9.17, 15) is 27.9 Å². The standard InChI is InChI=1S/C13H17NO6S/c1-21(19,20)7-6-10(13(17)18)14-11(15)8-4-2-3-5-9(8)12(14)16/h2-3,8-10H,4-7H2,1H3,(H,17,18)/t8-,9+,10?.